The summed E-state index contributed by atoms with van der Waals surface area (Å²) in [6.45, 7) is 2.58. The maximum Gasteiger partial charge on any atom is 0.158 e. The van der Waals surface area contributed by atoms with Gasteiger partial charge in [-0.15, -0.1) is 0 Å². The SMILES string of the molecule is COC1CCC(N2C=C(c3ccc(-c4ncn[nH]4)c(F)c3C)N=CC2)CC1. The van der Waals surface area contributed by atoms with Crippen molar-refractivity contribution in [2.75, 3.05) is 13.7 Å². The van der Waals surface area contributed by atoms with Gasteiger partial charge in [0.05, 0.1) is 23.9 Å². The normalized spacial score (nSPS) is 22.8. The van der Waals surface area contributed by atoms with E-state index in [2.05, 4.69) is 31.3 Å². The van der Waals surface area contributed by atoms with E-state index < -0.39 is 0 Å². The summed E-state index contributed by atoms with van der Waals surface area (Å²) >= 11 is 0. The quantitative estimate of drug-likeness (QED) is 0.895. The Morgan fingerprint density at radius 2 is 1.96 bits per heavy atom. The minimum atomic E-state index is -0.293. The van der Waals surface area contributed by atoms with E-state index in [-0.39, 0.29) is 5.82 Å². The lowest BCUT2D eigenvalue weighted by molar-refractivity contribution is 0.0501. The Kier molecular flexibility index (Phi) is 5.03. The second-order valence-electron chi connectivity index (χ2n) is 7.12. The van der Waals surface area contributed by atoms with Crippen LogP contribution >= 0.6 is 0 Å². The van der Waals surface area contributed by atoms with Crippen LogP contribution < -0.4 is 0 Å². The molecule has 6 nitrogen and oxygen atoms in total. The third kappa shape index (κ3) is 3.51. The molecule has 0 bridgehead atoms. The highest BCUT2D eigenvalue weighted by Gasteiger charge is 2.26. The highest BCUT2D eigenvalue weighted by molar-refractivity contribution is 5.79. The Bertz CT molecular complexity index is 854. The molecule has 2 aliphatic rings. The van der Waals surface area contributed by atoms with E-state index >= 15 is 0 Å². The van der Waals surface area contributed by atoms with Crippen LogP contribution in [0.25, 0.3) is 17.1 Å². The Balaban J connectivity index is 1.58. The molecule has 1 N–H and O–H groups in total. The molecular formula is C20H24FN5O. The third-order valence-corrected chi connectivity index (χ3v) is 5.59. The molecule has 1 aliphatic carbocycles. The molecule has 0 spiro atoms. The number of nitrogens with zero attached hydrogens (tertiary/aromatic N) is 4. The van der Waals surface area contributed by atoms with Crippen LogP contribution in [-0.4, -0.2) is 52.1 Å². The summed E-state index contributed by atoms with van der Waals surface area (Å²) in [7, 11) is 1.79. The molecule has 2 heterocycles. The zero-order chi connectivity index (χ0) is 18.8. The van der Waals surface area contributed by atoms with Gasteiger partial charge in [0.25, 0.3) is 0 Å². The van der Waals surface area contributed by atoms with Crippen molar-refractivity contribution in [3.63, 3.8) is 0 Å². The molecule has 1 aromatic carbocycles. The molecule has 7 heteroatoms. The molecule has 1 aromatic heterocycles. The topological polar surface area (TPSA) is 66.4 Å². The number of benzene rings is 1. The third-order valence-electron chi connectivity index (χ3n) is 5.59. The maximum atomic E-state index is 14.9. The van der Waals surface area contributed by atoms with Crippen LogP contribution in [0.5, 0.6) is 0 Å². The van der Waals surface area contributed by atoms with Crippen LogP contribution in [0.15, 0.2) is 29.7 Å². The summed E-state index contributed by atoms with van der Waals surface area (Å²) < 4.78 is 20.4. The molecule has 1 saturated carbocycles. The first kappa shape index (κ1) is 17.9. The Morgan fingerprint density at radius 1 is 1.19 bits per heavy atom. The van der Waals surface area contributed by atoms with Gasteiger partial charge in [0, 0.05) is 31.1 Å². The summed E-state index contributed by atoms with van der Waals surface area (Å²) in [5.41, 5.74) is 2.60. The number of aromatic amines is 1. The van der Waals surface area contributed by atoms with Gasteiger partial charge in [0.2, 0.25) is 0 Å². The number of ether oxygens (including phenoxy) is 1. The van der Waals surface area contributed by atoms with Crippen LogP contribution in [0.1, 0.15) is 36.8 Å². The number of methoxy groups -OCH3 is 1. The average molecular weight is 369 g/mol. The van der Waals surface area contributed by atoms with E-state index in [1.54, 1.807) is 20.1 Å². The number of halogens is 1. The van der Waals surface area contributed by atoms with Crippen molar-refractivity contribution in [2.45, 2.75) is 44.8 Å². The Hall–Kier alpha value is -2.54. The van der Waals surface area contributed by atoms with Gasteiger partial charge in [0.1, 0.15) is 12.1 Å². The molecule has 2 aromatic rings. The summed E-state index contributed by atoms with van der Waals surface area (Å²) in [6.07, 6.45) is 10.1. The number of nitrogens with one attached hydrogen (secondary N) is 1. The first-order chi connectivity index (χ1) is 13.2. The number of hydrogen-bond donors (Lipinski definition) is 1. The minimum absolute atomic E-state index is 0.293. The Morgan fingerprint density at radius 3 is 2.67 bits per heavy atom. The van der Waals surface area contributed by atoms with E-state index in [1.807, 2.05) is 12.3 Å². The van der Waals surface area contributed by atoms with E-state index in [0.717, 1.165) is 43.5 Å². The zero-order valence-corrected chi connectivity index (χ0v) is 15.7. The lowest BCUT2D eigenvalue weighted by atomic mass is 9.91. The van der Waals surface area contributed by atoms with Gasteiger partial charge in [-0.3, -0.25) is 10.1 Å². The van der Waals surface area contributed by atoms with Gasteiger partial charge >= 0.3 is 0 Å². The molecule has 27 heavy (non-hydrogen) atoms. The molecule has 0 radical (unpaired) electrons. The highest BCUT2D eigenvalue weighted by atomic mass is 19.1. The number of aromatic nitrogens is 3. The standard InChI is InChI=1S/C20H24FN5O/c1-13-16(7-8-17(19(13)21)20-23-12-24-25-20)18-11-26(10-9-22-18)14-3-5-15(27-2)6-4-14/h7-9,11-12,14-15H,3-6,10H2,1-2H3,(H,23,24,25). The maximum absolute atomic E-state index is 14.9. The van der Waals surface area contributed by atoms with E-state index in [0.29, 0.717) is 29.1 Å². The lowest BCUT2D eigenvalue weighted by Crippen LogP contribution is -2.38. The monoisotopic (exact) mass is 369 g/mol. The average Bonchev–Trinajstić information content (AvgIpc) is 3.25. The van der Waals surface area contributed by atoms with E-state index in [1.165, 1.54) is 6.33 Å². The van der Waals surface area contributed by atoms with Gasteiger partial charge in [-0.1, -0.05) is 6.07 Å². The summed E-state index contributed by atoms with van der Waals surface area (Å²) in [6, 6.07) is 4.12. The summed E-state index contributed by atoms with van der Waals surface area (Å²) in [5.74, 6) is 0.137. The largest absolute Gasteiger partial charge is 0.381 e. The van der Waals surface area contributed by atoms with Gasteiger partial charge in [0.15, 0.2) is 5.82 Å². The highest BCUT2D eigenvalue weighted by Crippen LogP contribution is 2.31. The van der Waals surface area contributed by atoms with Crippen LogP contribution in [0.3, 0.4) is 0 Å². The van der Waals surface area contributed by atoms with Crippen molar-refractivity contribution in [1.29, 1.82) is 0 Å². The zero-order valence-electron chi connectivity index (χ0n) is 15.7. The van der Waals surface area contributed by atoms with Crippen molar-refractivity contribution >= 4 is 11.9 Å². The lowest BCUT2D eigenvalue weighted by Gasteiger charge is -2.36. The van der Waals surface area contributed by atoms with Crippen LogP contribution in [0, 0.1) is 12.7 Å². The molecule has 0 amide bonds. The fourth-order valence-electron chi connectivity index (χ4n) is 3.96. The van der Waals surface area contributed by atoms with Crippen molar-refractivity contribution < 1.29 is 9.13 Å². The van der Waals surface area contributed by atoms with E-state index in [4.69, 9.17) is 4.74 Å². The second kappa shape index (κ2) is 7.60. The molecule has 142 valence electrons. The smallest absolute Gasteiger partial charge is 0.158 e. The summed E-state index contributed by atoms with van der Waals surface area (Å²) in [4.78, 5) is 10.9. The first-order valence-corrected chi connectivity index (χ1v) is 9.35. The molecule has 1 aliphatic heterocycles. The van der Waals surface area contributed by atoms with Crippen molar-refractivity contribution in [2.24, 2.45) is 4.99 Å². The molecule has 4 rings (SSSR count). The molecule has 0 unspecified atom stereocenters. The Labute approximate surface area is 158 Å². The number of H-pyrrole nitrogens is 1. The van der Waals surface area contributed by atoms with Gasteiger partial charge < -0.3 is 9.64 Å². The van der Waals surface area contributed by atoms with Crippen LogP contribution in [0.4, 0.5) is 4.39 Å². The van der Waals surface area contributed by atoms with Gasteiger partial charge in [-0.2, -0.15) is 5.10 Å². The predicted octanol–water partition coefficient (Wildman–Crippen LogP) is 3.56. The predicted molar refractivity (Wildman–Crippen MR) is 103 cm³/mol. The molecule has 1 fully saturated rings. The number of aliphatic imine (C=N–C) groups is 1. The fourth-order valence-corrected chi connectivity index (χ4v) is 3.96. The number of hydrogen-bond acceptors (Lipinski definition) is 5. The molecule has 0 saturated heterocycles. The fraction of sp³-hybridized carbons (Fsp3) is 0.450. The minimum Gasteiger partial charge on any atom is -0.381 e. The second-order valence-corrected chi connectivity index (χ2v) is 7.12. The summed E-state index contributed by atoms with van der Waals surface area (Å²) in [5, 5.41) is 6.52. The van der Waals surface area contributed by atoms with Crippen molar-refractivity contribution in [1.82, 2.24) is 20.1 Å². The van der Waals surface area contributed by atoms with Crippen LogP contribution in [0.2, 0.25) is 0 Å². The van der Waals surface area contributed by atoms with Crippen LogP contribution in [-0.2, 0) is 4.74 Å². The van der Waals surface area contributed by atoms with Gasteiger partial charge in [-0.25, -0.2) is 9.37 Å². The number of rotatable bonds is 4. The van der Waals surface area contributed by atoms with E-state index in [9.17, 15) is 4.39 Å². The van der Waals surface area contributed by atoms with Crippen molar-refractivity contribution in [3.8, 4) is 11.4 Å². The molecule has 0 atom stereocenters. The van der Waals surface area contributed by atoms with Crippen molar-refractivity contribution in [3.05, 3.63) is 41.6 Å². The van der Waals surface area contributed by atoms with Gasteiger partial charge in [-0.05, 0) is 44.2 Å². The molecular weight excluding hydrogens is 345 g/mol. The first-order valence-electron chi connectivity index (χ1n) is 9.35.